The van der Waals surface area contributed by atoms with Gasteiger partial charge < -0.3 is 46.1 Å². The predicted octanol–water partition coefficient (Wildman–Crippen LogP) is 6.07. The minimum atomic E-state index is -3.26. The molecule has 0 aliphatic rings. The van der Waals surface area contributed by atoms with Crippen molar-refractivity contribution in [3.05, 3.63) is 158 Å². The molecule has 0 aliphatic carbocycles. The van der Waals surface area contributed by atoms with E-state index in [9.17, 15) is 37.2 Å². The van der Waals surface area contributed by atoms with Crippen molar-refractivity contribution < 1.29 is 51.4 Å². The van der Waals surface area contributed by atoms with E-state index >= 15 is 0 Å². The van der Waals surface area contributed by atoms with Crippen molar-refractivity contribution in [1.82, 2.24) is 26.6 Å². The van der Waals surface area contributed by atoms with Crippen LogP contribution >= 0.6 is 0 Å². The number of urea groups is 3. The van der Waals surface area contributed by atoms with Crippen LogP contribution < -0.4 is 31.9 Å². The lowest BCUT2D eigenvalue weighted by Gasteiger charge is -2.10. The molecular weight excluding hydrogens is 869 g/mol. The summed E-state index contributed by atoms with van der Waals surface area (Å²) in [5.41, 5.74) is 2.88. The third kappa shape index (κ3) is 19.6. The van der Waals surface area contributed by atoms with Gasteiger partial charge in [-0.2, -0.15) is 0 Å². The van der Waals surface area contributed by atoms with Gasteiger partial charge in [0.2, 0.25) is 0 Å². The summed E-state index contributed by atoms with van der Waals surface area (Å²) in [4.78, 5) is 67.9. The SMILES string of the molecule is C=C(C)C(=O)OCCNC(=O)NCc1cccc2ccccc12.C=CC(=O)OCCNC(=O)NCc1cccc2ccccc12.C=CC(=O)OCCNC(=O)Nc1ccc(S(C)(=O)=O)cc1. The molecule has 0 bridgehead atoms. The molecule has 0 aliphatic heterocycles. The van der Waals surface area contributed by atoms with Crippen molar-refractivity contribution in [2.24, 2.45) is 0 Å². The Morgan fingerprint density at radius 1 is 0.545 bits per heavy atom. The van der Waals surface area contributed by atoms with Crippen molar-refractivity contribution in [3.8, 4) is 0 Å². The quantitative estimate of drug-likeness (QED) is 0.0255. The molecule has 0 spiro atoms. The summed E-state index contributed by atoms with van der Waals surface area (Å²) in [5, 5.41) is 20.3. The number of sulfone groups is 1. The van der Waals surface area contributed by atoms with Gasteiger partial charge in [-0.3, -0.25) is 0 Å². The number of amides is 6. The first kappa shape index (κ1) is 52.4. The van der Waals surface area contributed by atoms with E-state index in [1.54, 1.807) is 6.92 Å². The third-order valence-electron chi connectivity index (χ3n) is 8.75. The lowest BCUT2D eigenvalue weighted by Crippen LogP contribution is -2.37. The zero-order valence-corrected chi connectivity index (χ0v) is 37.5. The molecule has 18 heteroatoms. The van der Waals surface area contributed by atoms with Crippen LogP contribution in [0.4, 0.5) is 20.1 Å². The van der Waals surface area contributed by atoms with Gasteiger partial charge in [-0.25, -0.2) is 37.2 Å². The van der Waals surface area contributed by atoms with Gasteiger partial charge in [0.05, 0.1) is 24.5 Å². The molecule has 5 aromatic rings. The number of esters is 3. The molecule has 348 valence electrons. The van der Waals surface area contributed by atoms with Crippen molar-refractivity contribution in [1.29, 1.82) is 0 Å². The molecule has 5 aromatic carbocycles. The van der Waals surface area contributed by atoms with E-state index in [0.29, 0.717) is 24.4 Å². The number of fused-ring (bicyclic) bond motifs is 2. The Morgan fingerprint density at radius 2 is 0.955 bits per heavy atom. The van der Waals surface area contributed by atoms with Gasteiger partial charge in [0.25, 0.3) is 0 Å². The summed E-state index contributed by atoms with van der Waals surface area (Å²) < 4.78 is 36.9. The molecule has 0 saturated carbocycles. The van der Waals surface area contributed by atoms with Crippen LogP contribution in [0.15, 0.2) is 152 Å². The van der Waals surface area contributed by atoms with E-state index in [-0.39, 0.29) is 56.4 Å². The van der Waals surface area contributed by atoms with Gasteiger partial charge in [-0.15, -0.1) is 0 Å². The lowest BCUT2D eigenvalue weighted by molar-refractivity contribution is -0.139. The zero-order chi connectivity index (χ0) is 48.3. The average Bonchev–Trinajstić information content (AvgIpc) is 3.31. The number of carbonyl (C=O) groups is 6. The number of rotatable bonds is 18. The Kier molecular flexibility index (Phi) is 22.2. The highest BCUT2D eigenvalue weighted by molar-refractivity contribution is 7.90. The smallest absolute Gasteiger partial charge is 0.333 e. The first-order chi connectivity index (χ1) is 31.6. The highest BCUT2D eigenvalue weighted by atomic mass is 32.2. The number of carbonyl (C=O) groups excluding carboxylic acids is 6. The molecule has 0 atom stereocenters. The monoisotopic (exact) mass is 922 g/mol. The van der Waals surface area contributed by atoms with Crippen LogP contribution in [0.5, 0.6) is 0 Å². The lowest BCUT2D eigenvalue weighted by atomic mass is 10.0. The van der Waals surface area contributed by atoms with Gasteiger partial charge in [0, 0.05) is 42.8 Å². The van der Waals surface area contributed by atoms with E-state index in [2.05, 4.69) is 56.4 Å². The van der Waals surface area contributed by atoms with Gasteiger partial charge >= 0.3 is 36.0 Å². The van der Waals surface area contributed by atoms with Crippen LogP contribution in [-0.2, 0) is 51.5 Å². The predicted molar refractivity (Wildman–Crippen MR) is 253 cm³/mol. The van der Waals surface area contributed by atoms with E-state index in [1.165, 1.54) is 24.3 Å². The van der Waals surface area contributed by atoms with Crippen LogP contribution in [0.1, 0.15) is 18.1 Å². The molecule has 6 N–H and O–H groups in total. The second-order valence-electron chi connectivity index (χ2n) is 13.8. The molecule has 0 heterocycles. The highest BCUT2D eigenvalue weighted by Gasteiger charge is 2.09. The molecule has 0 fully saturated rings. The first-order valence-electron chi connectivity index (χ1n) is 20.3. The van der Waals surface area contributed by atoms with E-state index in [4.69, 9.17) is 9.47 Å². The molecule has 0 saturated heterocycles. The van der Waals surface area contributed by atoms with Crippen LogP contribution in [0.2, 0.25) is 0 Å². The third-order valence-corrected chi connectivity index (χ3v) is 9.87. The highest BCUT2D eigenvalue weighted by Crippen LogP contribution is 2.19. The zero-order valence-electron chi connectivity index (χ0n) is 36.7. The Bertz CT molecular complexity index is 2590. The van der Waals surface area contributed by atoms with Gasteiger partial charge in [0.15, 0.2) is 9.84 Å². The summed E-state index contributed by atoms with van der Waals surface area (Å²) in [6, 6.07) is 32.7. The Hall–Kier alpha value is -7.99. The molecule has 0 aromatic heterocycles. The summed E-state index contributed by atoms with van der Waals surface area (Å²) >= 11 is 0. The fourth-order valence-electron chi connectivity index (χ4n) is 5.51. The van der Waals surface area contributed by atoms with E-state index in [0.717, 1.165) is 51.1 Å². The second-order valence-corrected chi connectivity index (χ2v) is 15.8. The average molecular weight is 923 g/mol. The first-order valence-corrected chi connectivity index (χ1v) is 22.2. The number of hydrogen-bond acceptors (Lipinski definition) is 11. The Morgan fingerprint density at radius 3 is 1.38 bits per heavy atom. The minimum absolute atomic E-state index is 0.0330. The van der Waals surface area contributed by atoms with Crippen molar-refractivity contribution >= 4 is 73.1 Å². The summed E-state index contributed by atoms with van der Waals surface area (Å²) in [5.74, 6) is -1.52. The number of benzene rings is 5. The molecule has 6 amide bonds. The number of nitrogens with one attached hydrogen (secondary N) is 6. The molecule has 66 heavy (non-hydrogen) atoms. The number of anilines is 1. The maximum absolute atomic E-state index is 11.8. The summed E-state index contributed by atoms with van der Waals surface area (Å²) in [6.07, 6.45) is 3.22. The fourth-order valence-corrected chi connectivity index (χ4v) is 6.14. The molecule has 5 rings (SSSR count). The van der Waals surface area contributed by atoms with Crippen LogP contribution in [0, 0.1) is 0 Å². The van der Waals surface area contributed by atoms with E-state index in [1.807, 2.05) is 84.9 Å². The topological polar surface area (TPSA) is 236 Å². The van der Waals surface area contributed by atoms with Crippen LogP contribution in [0.25, 0.3) is 21.5 Å². The fraction of sp³-hybridized carbons (Fsp3) is 0.208. The summed E-state index contributed by atoms with van der Waals surface area (Å²) in [7, 11) is -3.26. The van der Waals surface area contributed by atoms with Gasteiger partial charge in [-0.1, -0.05) is 105 Å². The van der Waals surface area contributed by atoms with Crippen LogP contribution in [0.3, 0.4) is 0 Å². The van der Waals surface area contributed by atoms with Crippen LogP contribution in [-0.4, -0.2) is 90.1 Å². The van der Waals surface area contributed by atoms with Gasteiger partial charge in [0.1, 0.15) is 19.8 Å². The van der Waals surface area contributed by atoms with Crippen molar-refractivity contribution in [2.75, 3.05) is 51.0 Å². The second kappa shape index (κ2) is 27.9. The van der Waals surface area contributed by atoms with Gasteiger partial charge in [-0.05, 0) is 63.9 Å². The largest absolute Gasteiger partial charge is 0.461 e. The maximum atomic E-state index is 11.8. The minimum Gasteiger partial charge on any atom is -0.461 e. The number of ether oxygens (including phenoxy) is 3. The maximum Gasteiger partial charge on any atom is 0.333 e. The Balaban J connectivity index is 0.000000263. The van der Waals surface area contributed by atoms with Crippen molar-refractivity contribution in [3.63, 3.8) is 0 Å². The molecule has 0 radical (unpaired) electrons. The molecule has 0 unspecified atom stereocenters. The molecule has 17 nitrogen and oxygen atoms in total. The standard InChI is InChI=1S/C18H20N2O3.C17H18N2O3.C13H16N2O5S/c1-13(2)17(21)23-11-10-19-18(22)20-12-15-8-5-7-14-6-3-4-9-16(14)15;1-2-16(20)22-11-10-18-17(21)19-12-14-8-5-7-13-6-3-4-9-15(13)14;1-3-12(16)20-9-8-14-13(17)15-10-4-6-11(7-5-10)21(2,18)19/h3-9H,1,10-12H2,2H3,(H2,19,20,22);2-9H,1,10-12H2,(H2,18,19,21);3-7H,1,8-9H2,2H3,(H2,14,15,17). The Labute approximate surface area is 383 Å². The molecular formula is C48H54N6O11S. The summed E-state index contributed by atoms with van der Waals surface area (Å²) in [6.45, 7) is 13.4. The van der Waals surface area contributed by atoms with Crippen molar-refractivity contribution in [2.45, 2.75) is 24.9 Å². The normalized spacial score (nSPS) is 10.2. The van der Waals surface area contributed by atoms with E-state index < -0.39 is 33.8 Å². The number of hydrogen-bond donors (Lipinski definition) is 6.